The summed E-state index contributed by atoms with van der Waals surface area (Å²) in [6, 6.07) is 14.4. The van der Waals surface area contributed by atoms with Crippen molar-refractivity contribution in [3.63, 3.8) is 0 Å². The summed E-state index contributed by atoms with van der Waals surface area (Å²) in [6.45, 7) is -0.800. The van der Waals surface area contributed by atoms with Gasteiger partial charge in [0.05, 0.1) is 24.0 Å². The van der Waals surface area contributed by atoms with Crippen LogP contribution in [0.1, 0.15) is 22.8 Å². The molecule has 2 bridgehead atoms. The Morgan fingerprint density at radius 3 is 2.35 bits per heavy atom. The van der Waals surface area contributed by atoms with E-state index in [9.17, 15) is 29.1 Å². The Kier molecular flexibility index (Phi) is 6.81. The molecule has 4 aliphatic rings. The summed E-state index contributed by atoms with van der Waals surface area (Å²) in [6.07, 6.45) is 0.718. The highest BCUT2D eigenvalue weighted by molar-refractivity contribution is 8.00. The minimum absolute atomic E-state index is 0.00114. The Morgan fingerprint density at radius 1 is 1.00 bits per heavy atom. The van der Waals surface area contributed by atoms with Crippen LogP contribution in [0.15, 0.2) is 58.4 Å². The molecule has 2 saturated carbocycles. The molecule has 13 heteroatoms. The third-order valence-corrected chi connectivity index (χ3v) is 11.7. The number of methoxy groups -OCH3 is 1. The van der Waals surface area contributed by atoms with Crippen LogP contribution in [0.3, 0.4) is 0 Å². The number of thiazole rings is 1. The Labute approximate surface area is 253 Å². The van der Waals surface area contributed by atoms with E-state index in [1.54, 1.807) is 55.3 Å². The number of carbonyl (C=O) groups excluding carboxylic acids is 3. The largest absolute Gasteiger partial charge is 0.497 e. The molecule has 3 heterocycles. The second kappa shape index (κ2) is 10.6. The lowest BCUT2D eigenvalue weighted by atomic mass is 9.68. The molecule has 7 rings (SSSR count). The van der Waals surface area contributed by atoms with Crippen LogP contribution in [0.4, 0.5) is 5.69 Å². The summed E-state index contributed by atoms with van der Waals surface area (Å²) >= 11 is 2.74. The van der Waals surface area contributed by atoms with Crippen LogP contribution in [0, 0.1) is 29.6 Å². The van der Waals surface area contributed by atoms with Crippen LogP contribution >= 0.6 is 23.1 Å². The van der Waals surface area contributed by atoms with Crippen molar-refractivity contribution in [2.45, 2.75) is 22.6 Å². The summed E-state index contributed by atoms with van der Waals surface area (Å²) < 4.78 is 10.9. The molecule has 2 aliphatic carbocycles. The number of nitrogens with one attached hydrogen (secondary N) is 2. The molecule has 2 aromatic carbocycles. The van der Waals surface area contributed by atoms with Gasteiger partial charge in [0.25, 0.3) is 5.91 Å². The van der Waals surface area contributed by atoms with Crippen molar-refractivity contribution in [1.29, 1.82) is 0 Å². The first-order valence-corrected chi connectivity index (χ1v) is 15.6. The zero-order valence-corrected chi connectivity index (χ0v) is 24.5. The lowest BCUT2D eigenvalue weighted by Gasteiger charge is -2.43. The number of aromatic nitrogens is 1. The van der Waals surface area contributed by atoms with Gasteiger partial charge in [-0.25, -0.2) is 0 Å². The van der Waals surface area contributed by atoms with Gasteiger partial charge in [0.1, 0.15) is 18.0 Å². The van der Waals surface area contributed by atoms with Crippen LogP contribution in [0.25, 0.3) is 0 Å². The predicted molar refractivity (Wildman–Crippen MR) is 156 cm³/mol. The van der Waals surface area contributed by atoms with Gasteiger partial charge in [0.15, 0.2) is 6.61 Å². The molecule has 2 aliphatic heterocycles. The van der Waals surface area contributed by atoms with Crippen molar-refractivity contribution in [2.24, 2.45) is 29.6 Å². The van der Waals surface area contributed by atoms with Crippen molar-refractivity contribution >= 4 is 52.5 Å². The number of aromatic amines is 1. The van der Waals surface area contributed by atoms with E-state index in [1.165, 1.54) is 0 Å². The molecule has 3 aromatic rings. The van der Waals surface area contributed by atoms with Crippen molar-refractivity contribution in [1.82, 2.24) is 9.88 Å². The first-order valence-electron chi connectivity index (χ1n) is 13.9. The maximum absolute atomic E-state index is 13.3. The molecule has 6 unspecified atom stereocenters. The quantitative estimate of drug-likeness (QED) is 0.322. The van der Waals surface area contributed by atoms with Gasteiger partial charge >= 0.3 is 10.8 Å². The molecule has 3 amide bonds. The van der Waals surface area contributed by atoms with Crippen LogP contribution in [-0.4, -0.2) is 64.2 Å². The van der Waals surface area contributed by atoms with E-state index in [4.69, 9.17) is 9.47 Å². The molecular weight excluding hydrogens is 594 g/mol. The summed E-state index contributed by atoms with van der Waals surface area (Å²) in [5.74, 6) is -2.52. The Balaban J connectivity index is 1.11. The minimum Gasteiger partial charge on any atom is -0.497 e. The van der Waals surface area contributed by atoms with Gasteiger partial charge in [0, 0.05) is 21.7 Å². The summed E-state index contributed by atoms with van der Waals surface area (Å²) in [4.78, 5) is 67.4. The Morgan fingerprint density at radius 2 is 1.67 bits per heavy atom. The number of aliphatic carboxylic acids is 1. The summed E-state index contributed by atoms with van der Waals surface area (Å²) in [7, 11) is 1.57. The van der Waals surface area contributed by atoms with Gasteiger partial charge in [-0.3, -0.25) is 28.9 Å². The Hall–Kier alpha value is -4.10. The number of likely N-dealkylation sites (tertiary alicyclic amines) is 1. The number of fused-ring (bicyclic) bond motifs is 9. The average molecular weight is 622 g/mol. The number of rotatable bonds is 8. The van der Waals surface area contributed by atoms with Gasteiger partial charge in [-0.1, -0.05) is 23.5 Å². The number of anilines is 1. The van der Waals surface area contributed by atoms with Crippen molar-refractivity contribution in [3.05, 3.63) is 68.6 Å². The number of imide groups is 1. The number of hydrogen-bond donors (Lipinski definition) is 3. The molecule has 3 fully saturated rings. The van der Waals surface area contributed by atoms with Gasteiger partial charge in [-0.05, 0) is 66.1 Å². The highest BCUT2D eigenvalue weighted by Crippen LogP contribution is 2.68. The van der Waals surface area contributed by atoms with Crippen molar-refractivity contribution < 1.29 is 33.8 Å². The third-order valence-electron chi connectivity index (χ3n) is 9.09. The van der Waals surface area contributed by atoms with E-state index in [-0.39, 0.29) is 52.2 Å². The molecule has 1 saturated heterocycles. The maximum atomic E-state index is 13.3. The van der Waals surface area contributed by atoms with E-state index >= 15 is 0 Å². The number of nitrogens with zero attached hydrogens (tertiary/aromatic N) is 1. The van der Waals surface area contributed by atoms with E-state index in [2.05, 4.69) is 10.3 Å². The van der Waals surface area contributed by atoms with Crippen molar-refractivity contribution in [3.8, 4) is 11.5 Å². The highest BCUT2D eigenvalue weighted by atomic mass is 32.2. The average Bonchev–Trinajstić information content (AvgIpc) is 3.73. The number of carboxylic acids is 1. The first-order chi connectivity index (χ1) is 20.7. The minimum atomic E-state index is -1.21. The van der Waals surface area contributed by atoms with Gasteiger partial charge in [-0.15, -0.1) is 11.8 Å². The van der Waals surface area contributed by atoms with E-state index in [0.29, 0.717) is 17.2 Å². The molecule has 0 spiro atoms. The monoisotopic (exact) mass is 621 g/mol. The number of carbonyl (C=O) groups is 4. The topological polar surface area (TPSA) is 155 Å². The van der Waals surface area contributed by atoms with E-state index in [1.807, 2.05) is 12.1 Å². The summed E-state index contributed by atoms with van der Waals surface area (Å²) in [5.41, 5.74) is 1.57. The molecule has 1 aromatic heterocycles. The van der Waals surface area contributed by atoms with E-state index in [0.717, 1.165) is 38.1 Å². The van der Waals surface area contributed by atoms with Gasteiger partial charge in [0.2, 0.25) is 11.8 Å². The highest BCUT2D eigenvalue weighted by Gasteiger charge is 2.69. The molecule has 0 radical (unpaired) electrons. The maximum Gasteiger partial charge on any atom is 0.323 e. The Bertz CT molecular complexity index is 1680. The van der Waals surface area contributed by atoms with Crippen LogP contribution in [-0.2, 0) is 19.2 Å². The zero-order valence-electron chi connectivity index (χ0n) is 22.9. The fourth-order valence-electron chi connectivity index (χ4n) is 7.53. The van der Waals surface area contributed by atoms with Crippen molar-refractivity contribution in [2.75, 3.05) is 25.6 Å². The normalized spacial score (nSPS) is 28.3. The molecule has 222 valence electrons. The van der Waals surface area contributed by atoms with E-state index < -0.39 is 30.3 Å². The number of amides is 3. The second-order valence-corrected chi connectivity index (χ2v) is 13.5. The number of H-pyrrole nitrogens is 1. The first kappa shape index (κ1) is 27.7. The number of benzene rings is 2. The molecule has 3 N–H and O–H groups in total. The standard InChI is InChI=1S/C30H27N3O8S2/c1-40-15-8-4-14(5-9-15)31-19(34)12-41-16-6-2-13(3-7-16)21-22-17-10-18(25(22)42-27-26(21)43-30(39)32-27)24-23(17)28(37)33(29(24)38)11-20(35)36/h2-9,17-18,21-25H,10-12H2,1H3,(H,31,34)(H,32,39)(H,35,36)/t17?,18?,21-,22?,23?,24?,25?/m1/s1. The number of hydrogen-bond acceptors (Lipinski definition) is 9. The number of thioether (sulfide) groups is 1. The molecule has 43 heavy (non-hydrogen) atoms. The van der Waals surface area contributed by atoms with Gasteiger partial charge in [-0.2, -0.15) is 0 Å². The smallest absolute Gasteiger partial charge is 0.323 e. The lowest BCUT2D eigenvalue weighted by Crippen LogP contribution is -2.42. The summed E-state index contributed by atoms with van der Waals surface area (Å²) in [5, 5.41) is 12.9. The van der Waals surface area contributed by atoms with Crippen LogP contribution in [0.5, 0.6) is 11.5 Å². The zero-order chi connectivity index (χ0) is 30.0. The SMILES string of the molecule is COc1ccc(NC(=O)COc2ccc([C@H]3c4sc(=O)[nH]c4SC4C5CC(C6C(=O)N(CC(=O)O)C(=O)C56)C43)cc2)cc1. The predicted octanol–water partition coefficient (Wildman–Crippen LogP) is 3.02. The number of carboxylic acid groups (broad SMARTS) is 1. The second-order valence-electron chi connectivity index (χ2n) is 11.3. The lowest BCUT2D eigenvalue weighted by molar-refractivity contribution is -0.149. The third kappa shape index (κ3) is 4.61. The van der Waals surface area contributed by atoms with Crippen LogP contribution < -0.4 is 19.7 Å². The molecule has 11 nitrogen and oxygen atoms in total. The van der Waals surface area contributed by atoms with Gasteiger partial charge < -0.3 is 24.9 Å². The fourth-order valence-corrected chi connectivity index (χ4v) is 10.4. The molecule has 7 atom stereocenters. The fraction of sp³-hybridized carbons (Fsp3) is 0.367. The van der Waals surface area contributed by atoms with Crippen LogP contribution in [0.2, 0.25) is 0 Å². The molecular formula is C30H27N3O8S2. The number of ether oxygens (including phenoxy) is 2.